The number of sulfonamides is 1. The number of carbonyl (C=O) groups excluding carboxylic acids is 1. The fraction of sp³-hybridized carbons (Fsp3) is 0.316. The molecule has 27 heavy (non-hydrogen) atoms. The van der Waals surface area contributed by atoms with Gasteiger partial charge in [-0.2, -0.15) is 4.31 Å². The summed E-state index contributed by atoms with van der Waals surface area (Å²) in [4.78, 5) is 12.4. The summed E-state index contributed by atoms with van der Waals surface area (Å²) < 4.78 is 46.1. The highest BCUT2D eigenvalue weighted by Crippen LogP contribution is 2.30. The van der Waals surface area contributed by atoms with Crippen LogP contribution in [0.5, 0.6) is 5.75 Å². The third-order valence-corrected chi connectivity index (χ3v) is 6.48. The van der Waals surface area contributed by atoms with Crippen molar-refractivity contribution in [1.82, 2.24) is 4.31 Å². The van der Waals surface area contributed by atoms with Crippen LogP contribution in [0.1, 0.15) is 18.4 Å². The molecule has 1 amide bonds. The number of hydrogen-bond acceptors (Lipinski definition) is 4. The van der Waals surface area contributed by atoms with E-state index in [-0.39, 0.29) is 6.54 Å². The van der Waals surface area contributed by atoms with E-state index in [1.165, 1.54) is 25.3 Å². The normalized spacial score (nSPS) is 17.7. The molecule has 0 saturated carbocycles. The van der Waals surface area contributed by atoms with E-state index in [2.05, 4.69) is 5.32 Å². The van der Waals surface area contributed by atoms with Crippen LogP contribution >= 0.6 is 0 Å². The highest BCUT2D eigenvalue weighted by Gasteiger charge is 2.40. The molecule has 0 radical (unpaired) electrons. The fourth-order valence-corrected chi connectivity index (χ4v) is 4.93. The van der Waals surface area contributed by atoms with Gasteiger partial charge in [0.25, 0.3) is 0 Å². The average molecular weight is 392 g/mol. The monoisotopic (exact) mass is 392 g/mol. The standard InChI is InChI=1S/C19H21FN2O4S/c1-13-9-10-17(26-2)15(12-13)21-19(23)16-7-5-11-22(16)27(24,25)18-8-4-3-6-14(18)20/h3-4,6,8-10,12,16H,5,7,11H2,1-2H3,(H,21,23)/t16-/m1/s1. The van der Waals surface area contributed by atoms with Gasteiger partial charge in [-0.15, -0.1) is 0 Å². The van der Waals surface area contributed by atoms with Crippen molar-refractivity contribution in [2.75, 3.05) is 19.0 Å². The number of rotatable bonds is 5. The maximum Gasteiger partial charge on any atom is 0.246 e. The smallest absolute Gasteiger partial charge is 0.246 e. The van der Waals surface area contributed by atoms with Crippen LogP contribution < -0.4 is 10.1 Å². The lowest BCUT2D eigenvalue weighted by Gasteiger charge is -2.24. The number of carbonyl (C=O) groups is 1. The molecule has 1 N–H and O–H groups in total. The Morgan fingerprint density at radius 3 is 2.70 bits per heavy atom. The number of aryl methyl sites for hydroxylation is 1. The Kier molecular flexibility index (Phi) is 5.48. The second kappa shape index (κ2) is 7.66. The van der Waals surface area contributed by atoms with Gasteiger partial charge in [0.2, 0.25) is 15.9 Å². The Balaban J connectivity index is 1.87. The number of methoxy groups -OCH3 is 1. The first-order valence-electron chi connectivity index (χ1n) is 8.56. The molecule has 6 nitrogen and oxygen atoms in total. The predicted molar refractivity (Wildman–Crippen MR) is 99.7 cm³/mol. The molecule has 8 heteroatoms. The van der Waals surface area contributed by atoms with Crippen molar-refractivity contribution < 1.29 is 22.3 Å². The Hall–Kier alpha value is -2.45. The van der Waals surface area contributed by atoms with E-state index < -0.39 is 32.7 Å². The first-order valence-corrected chi connectivity index (χ1v) is 10.0. The van der Waals surface area contributed by atoms with Crippen LogP contribution in [-0.2, 0) is 14.8 Å². The van der Waals surface area contributed by atoms with Crippen LogP contribution in [0.25, 0.3) is 0 Å². The third kappa shape index (κ3) is 3.81. The quantitative estimate of drug-likeness (QED) is 0.849. The number of amides is 1. The third-order valence-electron chi connectivity index (χ3n) is 4.54. The molecular formula is C19H21FN2O4S. The molecule has 2 aromatic rings. The second-order valence-electron chi connectivity index (χ2n) is 6.40. The number of benzene rings is 2. The minimum Gasteiger partial charge on any atom is -0.495 e. The Bertz CT molecular complexity index is 962. The van der Waals surface area contributed by atoms with E-state index in [4.69, 9.17) is 4.74 Å². The molecular weight excluding hydrogens is 371 g/mol. The van der Waals surface area contributed by atoms with Crippen molar-refractivity contribution in [3.8, 4) is 5.75 Å². The SMILES string of the molecule is COc1ccc(C)cc1NC(=O)[C@H]1CCCN1S(=O)(=O)c1ccccc1F. The van der Waals surface area contributed by atoms with Crippen molar-refractivity contribution in [1.29, 1.82) is 0 Å². The Morgan fingerprint density at radius 1 is 1.26 bits per heavy atom. The number of ether oxygens (including phenoxy) is 1. The van der Waals surface area contributed by atoms with E-state index >= 15 is 0 Å². The molecule has 3 rings (SSSR count). The molecule has 0 aromatic heterocycles. The molecule has 0 aliphatic carbocycles. The Labute approximate surface area is 158 Å². The molecule has 1 saturated heterocycles. The molecule has 0 unspecified atom stereocenters. The average Bonchev–Trinajstić information content (AvgIpc) is 3.13. The van der Waals surface area contributed by atoms with Gasteiger partial charge >= 0.3 is 0 Å². The minimum atomic E-state index is -4.11. The molecule has 1 heterocycles. The summed E-state index contributed by atoms with van der Waals surface area (Å²) in [6, 6.07) is 9.61. The molecule has 144 valence electrons. The van der Waals surface area contributed by atoms with Crippen molar-refractivity contribution in [3.63, 3.8) is 0 Å². The van der Waals surface area contributed by atoms with Crippen LogP contribution in [0.2, 0.25) is 0 Å². The zero-order valence-electron chi connectivity index (χ0n) is 15.1. The number of nitrogens with one attached hydrogen (secondary N) is 1. The summed E-state index contributed by atoms with van der Waals surface area (Å²) in [6.07, 6.45) is 0.893. The highest BCUT2D eigenvalue weighted by molar-refractivity contribution is 7.89. The van der Waals surface area contributed by atoms with Crippen molar-refractivity contribution in [2.24, 2.45) is 0 Å². The maximum atomic E-state index is 14.0. The van der Waals surface area contributed by atoms with Crippen LogP contribution in [0.3, 0.4) is 0 Å². The lowest BCUT2D eigenvalue weighted by molar-refractivity contribution is -0.119. The van der Waals surface area contributed by atoms with Gasteiger partial charge < -0.3 is 10.1 Å². The van der Waals surface area contributed by atoms with E-state index in [1.54, 1.807) is 12.1 Å². The van der Waals surface area contributed by atoms with Crippen LogP contribution in [0.4, 0.5) is 10.1 Å². The van der Waals surface area contributed by atoms with E-state index in [9.17, 15) is 17.6 Å². The number of hydrogen-bond donors (Lipinski definition) is 1. The van der Waals surface area contributed by atoms with Gasteiger partial charge in [0.05, 0.1) is 12.8 Å². The van der Waals surface area contributed by atoms with Crippen molar-refractivity contribution in [3.05, 3.63) is 53.8 Å². The maximum absolute atomic E-state index is 14.0. The lowest BCUT2D eigenvalue weighted by atomic mass is 10.1. The second-order valence-corrected chi connectivity index (χ2v) is 8.26. The summed E-state index contributed by atoms with van der Waals surface area (Å²) in [5, 5.41) is 2.75. The van der Waals surface area contributed by atoms with Crippen LogP contribution in [0.15, 0.2) is 47.4 Å². The zero-order chi connectivity index (χ0) is 19.6. The molecule has 0 spiro atoms. The van der Waals surface area contributed by atoms with Crippen molar-refractivity contribution >= 4 is 21.6 Å². The summed E-state index contributed by atoms with van der Waals surface area (Å²) in [5.41, 5.74) is 1.39. The summed E-state index contributed by atoms with van der Waals surface area (Å²) >= 11 is 0. The molecule has 0 bridgehead atoms. The number of nitrogens with zero attached hydrogens (tertiary/aromatic N) is 1. The van der Waals surface area contributed by atoms with Gasteiger partial charge in [-0.1, -0.05) is 18.2 Å². The van der Waals surface area contributed by atoms with Crippen molar-refractivity contribution in [2.45, 2.75) is 30.7 Å². The summed E-state index contributed by atoms with van der Waals surface area (Å²) in [5.74, 6) is -0.810. The van der Waals surface area contributed by atoms with Gasteiger partial charge in [-0.3, -0.25) is 4.79 Å². The number of halogens is 1. The molecule has 1 aliphatic heterocycles. The molecule has 1 fully saturated rings. The summed E-state index contributed by atoms with van der Waals surface area (Å²) in [6.45, 7) is 2.04. The first-order chi connectivity index (χ1) is 12.8. The van der Waals surface area contributed by atoms with Gasteiger partial charge in [-0.05, 0) is 49.6 Å². The van der Waals surface area contributed by atoms with Gasteiger partial charge in [0, 0.05) is 6.54 Å². The highest BCUT2D eigenvalue weighted by atomic mass is 32.2. The zero-order valence-corrected chi connectivity index (χ0v) is 15.9. The van der Waals surface area contributed by atoms with E-state index in [0.29, 0.717) is 24.3 Å². The predicted octanol–water partition coefficient (Wildman–Crippen LogP) is 2.93. The van der Waals surface area contributed by atoms with Gasteiger partial charge in [-0.25, -0.2) is 12.8 Å². The fourth-order valence-electron chi connectivity index (χ4n) is 3.21. The Morgan fingerprint density at radius 2 is 2.00 bits per heavy atom. The van der Waals surface area contributed by atoms with E-state index in [0.717, 1.165) is 15.9 Å². The van der Waals surface area contributed by atoms with Crippen LogP contribution in [0, 0.1) is 12.7 Å². The lowest BCUT2D eigenvalue weighted by Crippen LogP contribution is -2.43. The minimum absolute atomic E-state index is 0.166. The molecule has 1 aliphatic rings. The van der Waals surface area contributed by atoms with E-state index in [1.807, 2.05) is 13.0 Å². The first kappa shape index (κ1) is 19.3. The number of anilines is 1. The van der Waals surface area contributed by atoms with Gasteiger partial charge in [0.15, 0.2) is 0 Å². The molecule has 1 atom stereocenters. The molecule has 2 aromatic carbocycles. The summed E-state index contributed by atoms with van der Waals surface area (Å²) in [7, 11) is -2.62. The topological polar surface area (TPSA) is 75.7 Å². The van der Waals surface area contributed by atoms with Gasteiger partial charge in [0.1, 0.15) is 22.5 Å². The largest absolute Gasteiger partial charge is 0.495 e. The van der Waals surface area contributed by atoms with Crippen LogP contribution in [-0.4, -0.2) is 38.3 Å².